The van der Waals surface area contributed by atoms with Crippen LogP contribution >= 0.6 is 0 Å². The van der Waals surface area contributed by atoms with E-state index in [-0.39, 0.29) is 11.3 Å². The van der Waals surface area contributed by atoms with Crippen LogP contribution < -0.4 is 10.4 Å². The lowest BCUT2D eigenvalue weighted by Crippen LogP contribution is -2.60. The number of phenolic OH excluding ortho intramolecular Hbond substituents is 1. The average molecular weight is 340 g/mol. The molecule has 130 valence electrons. The van der Waals surface area contributed by atoms with E-state index in [0.717, 1.165) is 0 Å². The molecule has 0 spiro atoms. The lowest BCUT2D eigenvalue weighted by Gasteiger charge is -2.39. The number of fused-ring (bicyclic) bond motifs is 1. The van der Waals surface area contributed by atoms with Crippen molar-refractivity contribution in [2.75, 3.05) is 6.61 Å². The smallest absolute Gasteiger partial charge is 0.336 e. The lowest BCUT2D eigenvalue weighted by atomic mass is 9.99. The maximum absolute atomic E-state index is 11.3. The first kappa shape index (κ1) is 16.7. The number of benzene rings is 1. The van der Waals surface area contributed by atoms with Crippen molar-refractivity contribution >= 4 is 11.0 Å². The number of ether oxygens (including phenoxy) is 2. The van der Waals surface area contributed by atoms with Gasteiger partial charge >= 0.3 is 5.63 Å². The Kier molecular flexibility index (Phi) is 4.43. The van der Waals surface area contributed by atoms with Gasteiger partial charge in [0.05, 0.1) is 6.61 Å². The summed E-state index contributed by atoms with van der Waals surface area (Å²) in [5.74, 6) is -0.650. The molecular weight excluding hydrogens is 324 g/mol. The van der Waals surface area contributed by atoms with Gasteiger partial charge in [-0.1, -0.05) is 0 Å². The van der Waals surface area contributed by atoms with E-state index in [2.05, 4.69) is 0 Å². The SMILES string of the molecule is O=c1ccc2ccc(O[C@H]3O[C@@H](CO)[C@@H](O)[C@@H](O)[C@H]3O)c(O)c2o1. The second-order valence-corrected chi connectivity index (χ2v) is 5.40. The molecule has 3 rings (SSSR count). The number of hydrogen-bond acceptors (Lipinski definition) is 9. The third-order valence-electron chi connectivity index (χ3n) is 3.82. The Morgan fingerprint density at radius 2 is 1.75 bits per heavy atom. The van der Waals surface area contributed by atoms with E-state index in [1.807, 2.05) is 0 Å². The Balaban J connectivity index is 1.91. The van der Waals surface area contributed by atoms with Gasteiger partial charge in [0.25, 0.3) is 0 Å². The van der Waals surface area contributed by atoms with Gasteiger partial charge in [0.2, 0.25) is 12.0 Å². The van der Waals surface area contributed by atoms with Crippen LogP contribution in [0.1, 0.15) is 0 Å². The largest absolute Gasteiger partial charge is 0.502 e. The fourth-order valence-electron chi connectivity index (χ4n) is 2.48. The standard InChI is InChI=1S/C15H16O9/c16-5-8-10(18)12(20)13(21)15(23-8)22-7-3-1-6-2-4-9(17)24-14(6)11(7)19/h1-4,8,10,12-13,15-16,18-21H,5H2/t8-,10+,12+,13+,15-/m0/s1. The quantitative estimate of drug-likeness (QED) is 0.429. The van der Waals surface area contributed by atoms with Crippen LogP contribution in [0.4, 0.5) is 0 Å². The van der Waals surface area contributed by atoms with Crippen LogP contribution in [0.25, 0.3) is 11.0 Å². The van der Waals surface area contributed by atoms with Crippen LogP contribution in [0.3, 0.4) is 0 Å². The van der Waals surface area contributed by atoms with Crippen LogP contribution in [0.5, 0.6) is 11.5 Å². The molecule has 1 aliphatic heterocycles. The molecule has 5 atom stereocenters. The molecule has 0 amide bonds. The molecule has 1 saturated heterocycles. The topological polar surface area (TPSA) is 150 Å². The van der Waals surface area contributed by atoms with Crippen LogP contribution in [0.15, 0.2) is 33.5 Å². The summed E-state index contributed by atoms with van der Waals surface area (Å²) < 4.78 is 15.4. The predicted octanol–water partition coefficient (Wildman–Crippen LogP) is -1.32. The second kappa shape index (κ2) is 6.38. The van der Waals surface area contributed by atoms with E-state index in [9.17, 15) is 25.2 Å². The van der Waals surface area contributed by atoms with Crippen molar-refractivity contribution in [3.63, 3.8) is 0 Å². The summed E-state index contributed by atoms with van der Waals surface area (Å²) in [4.78, 5) is 11.3. The molecule has 0 bridgehead atoms. The highest BCUT2D eigenvalue weighted by molar-refractivity contribution is 5.84. The molecule has 0 unspecified atom stereocenters. The van der Waals surface area contributed by atoms with E-state index in [1.54, 1.807) is 0 Å². The molecule has 0 aliphatic carbocycles. The van der Waals surface area contributed by atoms with E-state index in [4.69, 9.17) is 19.0 Å². The van der Waals surface area contributed by atoms with E-state index in [0.29, 0.717) is 5.39 Å². The van der Waals surface area contributed by atoms with Gasteiger partial charge in [-0.05, 0) is 18.2 Å². The minimum Gasteiger partial charge on any atom is -0.502 e. The Morgan fingerprint density at radius 1 is 1.04 bits per heavy atom. The van der Waals surface area contributed by atoms with Crippen LogP contribution in [-0.4, -0.2) is 62.8 Å². The Hall–Kier alpha value is -2.17. The molecule has 1 aliphatic rings. The zero-order chi connectivity index (χ0) is 17.4. The van der Waals surface area contributed by atoms with Crippen molar-refractivity contribution in [1.29, 1.82) is 0 Å². The number of phenols is 1. The highest BCUT2D eigenvalue weighted by Gasteiger charge is 2.45. The fraction of sp³-hybridized carbons (Fsp3) is 0.400. The molecule has 9 nitrogen and oxygen atoms in total. The minimum absolute atomic E-state index is 0.107. The second-order valence-electron chi connectivity index (χ2n) is 5.40. The van der Waals surface area contributed by atoms with E-state index < -0.39 is 48.7 Å². The fourth-order valence-corrected chi connectivity index (χ4v) is 2.48. The molecule has 5 N–H and O–H groups in total. The van der Waals surface area contributed by atoms with Crippen molar-refractivity contribution in [1.82, 2.24) is 0 Å². The Labute approximate surface area is 134 Å². The van der Waals surface area contributed by atoms with Crippen molar-refractivity contribution in [3.05, 3.63) is 34.7 Å². The van der Waals surface area contributed by atoms with E-state index >= 15 is 0 Å². The normalized spacial score (nSPS) is 30.4. The van der Waals surface area contributed by atoms with Gasteiger partial charge in [0, 0.05) is 11.5 Å². The summed E-state index contributed by atoms with van der Waals surface area (Å²) in [5.41, 5.74) is -0.771. The molecular formula is C15H16O9. The summed E-state index contributed by atoms with van der Waals surface area (Å²) in [6.07, 6.45) is -7.36. The molecule has 24 heavy (non-hydrogen) atoms. The third kappa shape index (κ3) is 2.83. The zero-order valence-electron chi connectivity index (χ0n) is 12.3. The lowest BCUT2D eigenvalue weighted by molar-refractivity contribution is -0.277. The van der Waals surface area contributed by atoms with Crippen LogP contribution in [0.2, 0.25) is 0 Å². The molecule has 0 saturated carbocycles. The average Bonchev–Trinajstić information content (AvgIpc) is 2.58. The molecule has 0 radical (unpaired) electrons. The van der Waals surface area contributed by atoms with Gasteiger partial charge in [-0.15, -0.1) is 0 Å². The number of hydrogen-bond donors (Lipinski definition) is 5. The predicted molar refractivity (Wildman–Crippen MR) is 78.5 cm³/mol. The van der Waals surface area contributed by atoms with Gasteiger partial charge in [-0.3, -0.25) is 0 Å². The van der Waals surface area contributed by atoms with Gasteiger partial charge in [0.15, 0.2) is 11.3 Å². The van der Waals surface area contributed by atoms with Crippen molar-refractivity contribution in [2.45, 2.75) is 30.7 Å². The minimum atomic E-state index is -1.62. The van der Waals surface area contributed by atoms with Gasteiger partial charge in [0.1, 0.15) is 24.4 Å². The Bertz CT molecular complexity index is 784. The van der Waals surface area contributed by atoms with Gasteiger partial charge in [-0.2, -0.15) is 0 Å². The Morgan fingerprint density at radius 3 is 2.46 bits per heavy atom. The number of aromatic hydroxyl groups is 1. The first-order valence-electron chi connectivity index (χ1n) is 7.15. The summed E-state index contributed by atoms with van der Waals surface area (Å²) in [6.45, 7) is -0.608. The van der Waals surface area contributed by atoms with E-state index in [1.165, 1.54) is 24.3 Å². The maximum Gasteiger partial charge on any atom is 0.336 e. The maximum atomic E-state index is 11.3. The van der Waals surface area contributed by atoms with Crippen LogP contribution in [0, 0.1) is 0 Å². The van der Waals surface area contributed by atoms with Crippen LogP contribution in [-0.2, 0) is 4.74 Å². The molecule has 1 aromatic heterocycles. The molecule has 1 aromatic carbocycles. The number of aliphatic hydroxyl groups excluding tert-OH is 4. The zero-order valence-corrected chi connectivity index (χ0v) is 12.3. The van der Waals surface area contributed by atoms with Gasteiger partial charge < -0.3 is 39.4 Å². The summed E-state index contributed by atoms with van der Waals surface area (Å²) in [7, 11) is 0. The molecule has 1 fully saturated rings. The number of aliphatic hydroxyl groups is 4. The van der Waals surface area contributed by atoms with Crippen molar-refractivity contribution < 1.29 is 39.4 Å². The molecule has 2 aromatic rings. The van der Waals surface area contributed by atoms with Crippen molar-refractivity contribution in [2.24, 2.45) is 0 Å². The third-order valence-corrected chi connectivity index (χ3v) is 3.82. The molecule has 9 heteroatoms. The summed E-state index contributed by atoms with van der Waals surface area (Å²) in [5, 5.41) is 49.2. The summed E-state index contributed by atoms with van der Waals surface area (Å²) in [6, 6.07) is 5.52. The van der Waals surface area contributed by atoms with Crippen molar-refractivity contribution in [3.8, 4) is 11.5 Å². The summed E-state index contributed by atoms with van der Waals surface area (Å²) >= 11 is 0. The highest BCUT2D eigenvalue weighted by atomic mass is 16.7. The monoisotopic (exact) mass is 340 g/mol. The molecule has 2 heterocycles. The number of rotatable bonds is 3. The first-order chi connectivity index (χ1) is 11.4. The van der Waals surface area contributed by atoms with Gasteiger partial charge in [-0.25, -0.2) is 4.79 Å². The highest BCUT2D eigenvalue weighted by Crippen LogP contribution is 2.35. The first-order valence-corrected chi connectivity index (χ1v) is 7.15.